The minimum atomic E-state index is -4.45. The second kappa shape index (κ2) is 9.24. The van der Waals surface area contributed by atoms with Crippen molar-refractivity contribution in [2.75, 3.05) is 5.32 Å². The number of nitrogens with one attached hydrogen (secondary N) is 4. The maximum absolute atomic E-state index is 12.8. The monoisotopic (exact) mass is 478 g/mol. The lowest BCUT2D eigenvalue weighted by atomic mass is 10.1. The number of hydrazine groups is 1. The molecule has 1 aliphatic rings. The zero-order chi connectivity index (χ0) is 25.1. The second-order valence-electron chi connectivity index (χ2n) is 8.86. The van der Waals surface area contributed by atoms with Crippen LogP contribution >= 0.6 is 0 Å². The minimum absolute atomic E-state index is 0.146. The van der Waals surface area contributed by atoms with Gasteiger partial charge in [0.1, 0.15) is 11.1 Å². The van der Waals surface area contributed by atoms with Crippen LogP contribution in [0.15, 0.2) is 48.5 Å². The topological polar surface area (TPSA) is 109 Å². The maximum Gasteiger partial charge on any atom is 0.416 e. The number of para-hydroxylation sites is 1. The highest BCUT2D eigenvalue weighted by Crippen LogP contribution is 2.36. The molecule has 0 aromatic heterocycles. The Labute approximate surface area is 194 Å². The Bertz CT molecular complexity index is 1070. The predicted molar refractivity (Wildman–Crippen MR) is 118 cm³/mol. The predicted octanol–water partition coefficient (Wildman–Crippen LogP) is 4.27. The van der Waals surface area contributed by atoms with Gasteiger partial charge in [0.2, 0.25) is 0 Å². The van der Waals surface area contributed by atoms with Gasteiger partial charge < -0.3 is 15.4 Å². The van der Waals surface area contributed by atoms with Gasteiger partial charge in [-0.05, 0) is 70.0 Å². The summed E-state index contributed by atoms with van der Waals surface area (Å²) in [6, 6.07) is 10.7. The van der Waals surface area contributed by atoms with E-state index in [0.717, 1.165) is 12.1 Å². The number of carbonyl (C=O) groups is 3. The van der Waals surface area contributed by atoms with Crippen molar-refractivity contribution in [3.8, 4) is 0 Å². The molecule has 8 nitrogen and oxygen atoms in total. The van der Waals surface area contributed by atoms with E-state index in [1.807, 2.05) is 0 Å². The molecule has 0 atom stereocenters. The first kappa shape index (κ1) is 24.9. The van der Waals surface area contributed by atoms with Crippen LogP contribution in [0.4, 0.5) is 29.3 Å². The molecule has 3 amide bonds. The molecule has 0 spiro atoms. The molecule has 2 aromatic rings. The standard InChI is InChI=1S/C23H25F3N4O4/c1-21(2,3)34-20(33)28-22(12-13-22)19(32)30-29-18(31)16-6-4-5-7-17(16)27-15-10-8-14(9-11-15)23(24,25)26/h4-11,27H,12-13H2,1-3H3,(H,28,33)(H,29,31)(H,30,32). The highest BCUT2D eigenvalue weighted by atomic mass is 19.4. The van der Waals surface area contributed by atoms with Crippen molar-refractivity contribution in [2.24, 2.45) is 0 Å². The third kappa shape index (κ3) is 6.40. The summed E-state index contributed by atoms with van der Waals surface area (Å²) < 4.78 is 43.4. The van der Waals surface area contributed by atoms with E-state index < -0.39 is 40.8 Å². The molecule has 0 radical (unpaired) electrons. The fourth-order valence-corrected chi connectivity index (χ4v) is 3.02. The molecular weight excluding hydrogens is 453 g/mol. The Balaban J connectivity index is 1.62. The van der Waals surface area contributed by atoms with E-state index in [4.69, 9.17) is 4.74 Å². The fraction of sp³-hybridized carbons (Fsp3) is 0.348. The van der Waals surface area contributed by atoms with E-state index in [9.17, 15) is 27.6 Å². The summed E-state index contributed by atoms with van der Waals surface area (Å²) in [5, 5.41) is 5.43. The Morgan fingerprint density at radius 2 is 1.53 bits per heavy atom. The van der Waals surface area contributed by atoms with E-state index in [1.54, 1.807) is 39.0 Å². The van der Waals surface area contributed by atoms with Gasteiger partial charge in [-0.1, -0.05) is 12.1 Å². The highest BCUT2D eigenvalue weighted by Gasteiger charge is 2.52. The molecule has 0 aliphatic heterocycles. The third-order valence-electron chi connectivity index (χ3n) is 4.88. The Hall–Kier alpha value is -3.76. The average molecular weight is 478 g/mol. The van der Waals surface area contributed by atoms with Gasteiger partial charge >= 0.3 is 12.3 Å². The lowest BCUT2D eigenvalue weighted by Crippen LogP contribution is -2.54. The van der Waals surface area contributed by atoms with Gasteiger partial charge in [0, 0.05) is 5.69 Å². The van der Waals surface area contributed by atoms with Crippen LogP contribution in [0, 0.1) is 0 Å². The quantitative estimate of drug-likeness (QED) is 0.480. The summed E-state index contributed by atoms with van der Waals surface area (Å²) in [5.41, 5.74) is 2.74. The molecule has 0 saturated heterocycles. The molecule has 0 bridgehead atoms. The first-order chi connectivity index (χ1) is 15.8. The number of hydrogen-bond donors (Lipinski definition) is 4. The van der Waals surface area contributed by atoms with Crippen LogP contribution in [0.25, 0.3) is 0 Å². The van der Waals surface area contributed by atoms with Crippen LogP contribution in [0.5, 0.6) is 0 Å². The summed E-state index contributed by atoms with van der Waals surface area (Å²) in [5.74, 6) is -1.25. The molecular formula is C23H25F3N4O4. The molecule has 1 fully saturated rings. The number of rotatable bonds is 5. The van der Waals surface area contributed by atoms with Crippen molar-refractivity contribution in [1.29, 1.82) is 0 Å². The summed E-state index contributed by atoms with van der Waals surface area (Å²) in [4.78, 5) is 37.2. The zero-order valence-corrected chi connectivity index (χ0v) is 18.8. The van der Waals surface area contributed by atoms with Crippen molar-refractivity contribution in [3.63, 3.8) is 0 Å². The molecule has 3 rings (SSSR count). The maximum atomic E-state index is 12.8. The molecule has 1 saturated carbocycles. The van der Waals surface area contributed by atoms with Crippen LogP contribution in [-0.4, -0.2) is 29.0 Å². The van der Waals surface area contributed by atoms with Crippen LogP contribution in [0.1, 0.15) is 49.5 Å². The van der Waals surface area contributed by atoms with Gasteiger partial charge in [-0.25, -0.2) is 4.79 Å². The number of amides is 3. The summed E-state index contributed by atoms with van der Waals surface area (Å²) in [6.45, 7) is 5.09. The molecule has 0 heterocycles. The van der Waals surface area contributed by atoms with E-state index in [0.29, 0.717) is 24.2 Å². The normalized spacial score (nSPS) is 14.5. The highest BCUT2D eigenvalue weighted by molar-refractivity contribution is 6.02. The molecule has 34 heavy (non-hydrogen) atoms. The Morgan fingerprint density at radius 3 is 2.09 bits per heavy atom. The minimum Gasteiger partial charge on any atom is -0.444 e. The van der Waals surface area contributed by atoms with Crippen molar-refractivity contribution in [2.45, 2.75) is 50.9 Å². The van der Waals surface area contributed by atoms with Crippen molar-refractivity contribution in [3.05, 3.63) is 59.7 Å². The first-order valence-electron chi connectivity index (χ1n) is 10.4. The van der Waals surface area contributed by atoms with E-state index in [2.05, 4.69) is 21.5 Å². The summed E-state index contributed by atoms with van der Waals surface area (Å²) in [6.07, 6.45) is -4.41. The lowest BCUT2D eigenvalue weighted by Gasteiger charge is -2.23. The third-order valence-corrected chi connectivity index (χ3v) is 4.88. The number of alkyl halides is 3. The Kier molecular flexibility index (Phi) is 6.76. The molecule has 182 valence electrons. The number of alkyl carbamates (subject to hydrolysis) is 1. The SMILES string of the molecule is CC(C)(C)OC(=O)NC1(C(=O)NNC(=O)c2ccccc2Nc2ccc(C(F)(F)F)cc2)CC1. The van der Waals surface area contributed by atoms with Gasteiger partial charge in [0.05, 0.1) is 16.8 Å². The largest absolute Gasteiger partial charge is 0.444 e. The second-order valence-corrected chi connectivity index (χ2v) is 8.86. The van der Waals surface area contributed by atoms with Crippen LogP contribution in [0.2, 0.25) is 0 Å². The summed E-state index contributed by atoms with van der Waals surface area (Å²) in [7, 11) is 0. The average Bonchev–Trinajstić information content (AvgIpc) is 3.51. The molecule has 11 heteroatoms. The van der Waals surface area contributed by atoms with Crippen molar-refractivity contribution < 1.29 is 32.3 Å². The number of carbonyl (C=O) groups excluding carboxylic acids is 3. The first-order valence-corrected chi connectivity index (χ1v) is 10.4. The van der Waals surface area contributed by atoms with Gasteiger partial charge in [-0.15, -0.1) is 0 Å². The molecule has 1 aliphatic carbocycles. The van der Waals surface area contributed by atoms with Crippen molar-refractivity contribution in [1.82, 2.24) is 16.2 Å². The molecule has 0 unspecified atom stereocenters. The van der Waals surface area contributed by atoms with Gasteiger partial charge in [0.25, 0.3) is 11.8 Å². The summed E-state index contributed by atoms with van der Waals surface area (Å²) >= 11 is 0. The van der Waals surface area contributed by atoms with Crippen molar-refractivity contribution >= 4 is 29.3 Å². The van der Waals surface area contributed by atoms with E-state index >= 15 is 0 Å². The molecule has 2 aromatic carbocycles. The number of hydrogen-bond acceptors (Lipinski definition) is 5. The zero-order valence-electron chi connectivity index (χ0n) is 18.8. The smallest absolute Gasteiger partial charge is 0.416 e. The van der Waals surface area contributed by atoms with Gasteiger partial charge in [-0.3, -0.25) is 20.4 Å². The van der Waals surface area contributed by atoms with Gasteiger partial charge in [0.15, 0.2) is 0 Å². The van der Waals surface area contributed by atoms with E-state index in [1.165, 1.54) is 18.2 Å². The van der Waals surface area contributed by atoms with Crippen LogP contribution < -0.4 is 21.5 Å². The van der Waals surface area contributed by atoms with Gasteiger partial charge in [-0.2, -0.15) is 13.2 Å². The Morgan fingerprint density at radius 1 is 0.912 bits per heavy atom. The van der Waals surface area contributed by atoms with E-state index in [-0.39, 0.29) is 5.56 Å². The molecule has 4 N–H and O–H groups in total. The van der Waals surface area contributed by atoms with Crippen LogP contribution in [-0.2, 0) is 15.7 Å². The number of halogens is 3. The number of benzene rings is 2. The fourth-order valence-electron chi connectivity index (χ4n) is 3.02. The lowest BCUT2D eigenvalue weighted by molar-refractivity contribution is -0.137. The number of anilines is 2. The van der Waals surface area contributed by atoms with Crippen LogP contribution in [0.3, 0.4) is 0 Å². The number of ether oxygens (including phenoxy) is 1.